The molecule has 0 aliphatic heterocycles. The van der Waals surface area contributed by atoms with E-state index in [0.29, 0.717) is 28.2 Å². The number of fused-ring (bicyclic) bond motifs is 1. The van der Waals surface area contributed by atoms with E-state index < -0.39 is 11.8 Å². The molecule has 4 aromatic heterocycles. The van der Waals surface area contributed by atoms with E-state index in [2.05, 4.69) is 26.5 Å². The van der Waals surface area contributed by atoms with Crippen LogP contribution < -0.4 is 5.73 Å². The smallest absolute Gasteiger partial charge is 0.148 e. The number of aromatic nitrogens is 6. The van der Waals surface area contributed by atoms with Gasteiger partial charge in [-0.05, 0) is 38.1 Å². The normalized spacial score (nSPS) is 12.8. The van der Waals surface area contributed by atoms with Crippen LogP contribution in [0.15, 0.2) is 42.9 Å². The number of nitrogen functional groups attached to an aromatic ring is 1. The Kier molecular flexibility index (Phi) is 4.67. The number of rotatable bonds is 5. The van der Waals surface area contributed by atoms with Gasteiger partial charge >= 0.3 is 0 Å². The predicted octanol–water partition coefficient (Wildman–Crippen LogP) is 2.22. The lowest BCUT2D eigenvalue weighted by atomic mass is 10.0. The van der Waals surface area contributed by atoms with Crippen LogP contribution in [-0.4, -0.2) is 46.5 Å². The van der Waals surface area contributed by atoms with Crippen LogP contribution in [-0.2, 0) is 6.54 Å². The molecule has 0 aliphatic rings. The van der Waals surface area contributed by atoms with Gasteiger partial charge < -0.3 is 10.8 Å². The molecule has 0 aliphatic carbocycles. The monoisotopic (exact) mass is 406 g/mol. The molecule has 0 amide bonds. The maximum atomic E-state index is 14.1. The third-order valence-corrected chi connectivity index (χ3v) is 4.76. The van der Waals surface area contributed by atoms with Crippen molar-refractivity contribution in [1.29, 1.82) is 5.26 Å². The minimum Gasteiger partial charge on any atom is -0.398 e. The van der Waals surface area contributed by atoms with Crippen molar-refractivity contribution in [2.45, 2.75) is 32.2 Å². The second-order valence-corrected chi connectivity index (χ2v) is 7.52. The Morgan fingerprint density at radius 1 is 1.27 bits per heavy atom. The molecule has 4 heterocycles. The SMILES string of the molecule is CC(C)(O)[C@H](F)Cn1cc(-c2cnc(-c3ccc4cc(C#N)cnn34)cc2N)nn1. The van der Waals surface area contributed by atoms with Crippen molar-refractivity contribution in [3.8, 4) is 28.7 Å². The van der Waals surface area contributed by atoms with Gasteiger partial charge in [-0.25, -0.2) is 13.6 Å². The first-order valence-electron chi connectivity index (χ1n) is 9.17. The number of anilines is 1. The highest BCUT2D eigenvalue weighted by Crippen LogP contribution is 2.28. The lowest BCUT2D eigenvalue weighted by Gasteiger charge is -2.21. The fourth-order valence-corrected chi connectivity index (χ4v) is 2.98. The summed E-state index contributed by atoms with van der Waals surface area (Å²) in [5.41, 5.74) is 8.75. The second-order valence-electron chi connectivity index (χ2n) is 7.52. The zero-order valence-electron chi connectivity index (χ0n) is 16.4. The van der Waals surface area contributed by atoms with Crippen molar-refractivity contribution in [2.24, 2.45) is 0 Å². The van der Waals surface area contributed by atoms with Gasteiger partial charge in [0.1, 0.15) is 17.9 Å². The molecule has 10 heteroatoms. The lowest BCUT2D eigenvalue weighted by molar-refractivity contribution is -0.0120. The number of nitrogens with two attached hydrogens (primary N) is 1. The molecule has 0 radical (unpaired) electrons. The van der Waals surface area contributed by atoms with Crippen LogP contribution in [0.4, 0.5) is 10.1 Å². The first-order valence-corrected chi connectivity index (χ1v) is 9.17. The summed E-state index contributed by atoms with van der Waals surface area (Å²) in [5.74, 6) is 0. The number of nitriles is 1. The maximum absolute atomic E-state index is 14.1. The van der Waals surface area contributed by atoms with E-state index in [1.54, 1.807) is 29.0 Å². The molecule has 1 atom stereocenters. The zero-order valence-corrected chi connectivity index (χ0v) is 16.4. The highest BCUT2D eigenvalue weighted by atomic mass is 19.1. The summed E-state index contributed by atoms with van der Waals surface area (Å²) in [5, 5.41) is 31.0. The molecule has 0 saturated carbocycles. The maximum Gasteiger partial charge on any atom is 0.148 e. The Morgan fingerprint density at radius 2 is 2.07 bits per heavy atom. The quantitative estimate of drug-likeness (QED) is 0.519. The van der Waals surface area contributed by atoms with E-state index >= 15 is 0 Å². The summed E-state index contributed by atoms with van der Waals surface area (Å²) in [7, 11) is 0. The summed E-state index contributed by atoms with van der Waals surface area (Å²) in [4.78, 5) is 4.46. The first-order chi connectivity index (χ1) is 14.3. The molecular weight excluding hydrogens is 387 g/mol. The summed E-state index contributed by atoms with van der Waals surface area (Å²) in [6, 6.07) is 9.19. The highest BCUT2D eigenvalue weighted by Gasteiger charge is 2.27. The van der Waals surface area contributed by atoms with Crippen LogP contribution >= 0.6 is 0 Å². The van der Waals surface area contributed by atoms with Crippen molar-refractivity contribution in [2.75, 3.05) is 5.73 Å². The number of hydrogen-bond acceptors (Lipinski definition) is 7. The topological polar surface area (TPSA) is 131 Å². The number of aliphatic hydroxyl groups is 1. The number of nitrogens with zero attached hydrogens (tertiary/aromatic N) is 7. The molecule has 0 bridgehead atoms. The van der Waals surface area contributed by atoms with Crippen LogP contribution in [0.5, 0.6) is 0 Å². The molecule has 9 nitrogen and oxygen atoms in total. The summed E-state index contributed by atoms with van der Waals surface area (Å²) in [6.07, 6.45) is 3.12. The number of alkyl halides is 1. The molecule has 0 spiro atoms. The van der Waals surface area contributed by atoms with Gasteiger partial charge in [-0.15, -0.1) is 5.10 Å². The van der Waals surface area contributed by atoms with Crippen molar-refractivity contribution >= 4 is 11.2 Å². The van der Waals surface area contributed by atoms with Gasteiger partial charge in [0, 0.05) is 17.4 Å². The number of hydrogen-bond donors (Lipinski definition) is 2. The third-order valence-electron chi connectivity index (χ3n) is 4.76. The van der Waals surface area contributed by atoms with E-state index in [4.69, 9.17) is 11.0 Å². The second kappa shape index (κ2) is 7.20. The average molecular weight is 406 g/mol. The zero-order chi connectivity index (χ0) is 21.5. The van der Waals surface area contributed by atoms with E-state index in [9.17, 15) is 9.50 Å². The Bertz CT molecular complexity index is 1260. The van der Waals surface area contributed by atoms with Crippen LogP contribution in [0.25, 0.3) is 28.2 Å². The summed E-state index contributed by atoms with van der Waals surface area (Å²) in [6.45, 7) is 2.67. The van der Waals surface area contributed by atoms with E-state index in [1.807, 2.05) is 12.1 Å². The Hall–Kier alpha value is -3.84. The minimum atomic E-state index is -1.50. The van der Waals surface area contributed by atoms with Gasteiger partial charge in [-0.3, -0.25) is 4.98 Å². The Morgan fingerprint density at radius 3 is 2.77 bits per heavy atom. The van der Waals surface area contributed by atoms with Gasteiger partial charge in [0.15, 0.2) is 0 Å². The number of pyridine rings is 1. The first kappa shape index (κ1) is 19.5. The fourth-order valence-electron chi connectivity index (χ4n) is 2.98. The van der Waals surface area contributed by atoms with Gasteiger partial charge in [-0.1, -0.05) is 5.21 Å². The van der Waals surface area contributed by atoms with Gasteiger partial charge in [0.2, 0.25) is 0 Å². The standard InChI is InChI=1S/C20H19FN8O/c1-20(2,30)19(21)11-28-10-17(26-27-28)14-9-24-16(6-15(14)23)18-4-3-13-5-12(7-22)8-25-29(13)18/h3-6,8-10,19,30H,11H2,1-2H3,(H2,23,24)/t19-/m1/s1. The molecule has 30 heavy (non-hydrogen) atoms. The molecule has 0 saturated heterocycles. The van der Waals surface area contributed by atoms with E-state index in [-0.39, 0.29) is 6.54 Å². The average Bonchev–Trinajstić information content (AvgIpc) is 3.33. The van der Waals surface area contributed by atoms with Crippen LogP contribution in [0.3, 0.4) is 0 Å². The van der Waals surface area contributed by atoms with E-state index in [0.717, 1.165) is 11.2 Å². The third kappa shape index (κ3) is 3.58. The largest absolute Gasteiger partial charge is 0.398 e. The Labute approximate surface area is 171 Å². The molecule has 3 N–H and O–H groups in total. The molecule has 0 fully saturated rings. The van der Waals surface area contributed by atoms with Crippen molar-refractivity contribution in [1.82, 2.24) is 29.6 Å². The van der Waals surface area contributed by atoms with Crippen molar-refractivity contribution in [3.05, 3.63) is 48.4 Å². The summed E-state index contributed by atoms with van der Waals surface area (Å²) < 4.78 is 17.1. The molecule has 152 valence electrons. The van der Waals surface area contributed by atoms with Crippen molar-refractivity contribution < 1.29 is 9.50 Å². The fraction of sp³-hybridized carbons (Fsp3) is 0.250. The van der Waals surface area contributed by atoms with Gasteiger partial charge in [0.05, 0.1) is 47.0 Å². The predicted molar refractivity (Wildman–Crippen MR) is 108 cm³/mol. The molecule has 4 rings (SSSR count). The molecule has 4 aromatic rings. The molecular formula is C20H19FN8O. The van der Waals surface area contributed by atoms with Crippen molar-refractivity contribution in [3.63, 3.8) is 0 Å². The van der Waals surface area contributed by atoms with Crippen LogP contribution in [0.1, 0.15) is 19.4 Å². The van der Waals surface area contributed by atoms with Gasteiger partial charge in [-0.2, -0.15) is 10.4 Å². The summed E-state index contributed by atoms with van der Waals surface area (Å²) >= 11 is 0. The number of halogens is 1. The van der Waals surface area contributed by atoms with Crippen LogP contribution in [0.2, 0.25) is 0 Å². The molecule has 0 aromatic carbocycles. The van der Waals surface area contributed by atoms with E-state index in [1.165, 1.54) is 24.7 Å². The van der Waals surface area contributed by atoms with Crippen LogP contribution in [0, 0.1) is 11.3 Å². The Balaban J connectivity index is 1.63. The molecule has 0 unspecified atom stereocenters. The van der Waals surface area contributed by atoms with Gasteiger partial charge in [0.25, 0.3) is 0 Å². The minimum absolute atomic E-state index is 0.131. The lowest BCUT2D eigenvalue weighted by Crippen LogP contribution is -2.35. The highest BCUT2D eigenvalue weighted by molar-refractivity contribution is 5.77.